The Morgan fingerprint density at radius 1 is 0.806 bits per heavy atom. The minimum Gasteiger partial charge on any atom is -0.320 e. The van der Waals surface area contributed by atoms with Crippen molar-refractivity contribution in [2.45, 2.75) is 0 Å². The molecule has 0 unspecified atom stereocenters. The Balaban J connectivity index is 1.58. The molecule has 0 aliphatic rings. The van der Waals surface area contributed by atoms with Crippen LogP contribution < -0.4 is 21.8 Å². The summed E-state index contributed by atoms with van der Waals surface area (Å²) in [5, 5.41) is 9.79. The number of aromatic nitrogens is 2. The number of hydrogen-bond acceptors (Lipinski definition) is 5. The maximum atomic E-state index is 12.8. The number of anilines is 2. The van der Waals surface area contributed by atoms with Crippen LogP contribution in [0.25, 0.3) is 5.69 Å². The quantitative estimate of drug-likeness (QED) is 0.450. The van der Waals surface area contributed by atoms with Gasteiger partial charge in [-0.2, -0.15) is 0 Å². The van der Waals surface area contributed by atoms with Crippen LogP contribution in [0, 0.1) is 0 Å². The molecule has 0 aliphatic carbocycles. The molecule has 31 heavy (non-hydrogen) atoms. The molecule has 0 saturated carbocycles. The maximum absolute atomic E-state index is 12.8. The molecule has 0 atom stereocenters. The van der Waals surface area contributed by atoms with Gasteiger partial charge in [0.2, 0.25) is 0 Å². The summed E-state index contributed by atoms with van der Waals surface area (Å²) in [7, 11) is 0. The summed E-state index contributed by atoms with van der Waals surface area (Å²) in [6, 6.07) is 18.9. The number of aromatic amines is 1. The molecule has 0 aliphatic heterocycles. The van der Waals surface area contributed by atoms with Crippen LogP contribution in [-0.2, 0) is 0 Å². The minimum atomic E-state index is -0.440. The van der Waals surface area contributed by atoms with Crippen LogP contribution in [0.4, 0.5) is 11.4 Å². The average Bonchev–Trinajstić information content (AvgIpc) is 3.32. The number of carbonyl (C=O) groups excluding carboxylic acids is 2. The molecule has 0 spiro atoms. The number of thiophene rings is 1. The number of rotatable bonds is 5. The van der Waals surface area contributed by atoms with E-state index in [1.807, 2.05) is 0 Å². The summed E-state index contributed by atoms with van der Waals surface area (Å²) in [4.78, 5) is 49.4. The molecule has 2 aromatic heterocycles. The molecule has 4 rings (SSSR count). The first-order chi connectivity index (χ1) is 15.0. The molecule has 0 saturated heterocycles. The molecule has 0 fully saturated rings. The van der Waals surface area contributed by atoms with E-state index in [-0.39, 0.29) is 11.5 Å². The summed E-state index contributed by atoms with van der Waals surface area (Å²) in [6.07, 6.45) is 0. The molecular weight excluding hydrogens is 416 g/mol. The van der Waals surface area contributed by atoms with Gasteiger partial charge in [-0.05, 0) is 41.8 Å². The van der Waals surface area contributed by atoms with Crippen LogP contribution in [0.1, 0.15) is 20.0 Å². The van der Waals surface area contributed by atoms with Gasteiger partial charge in [-0.25, -0.2) is 4.68 Å². The van der Waals surface area contributed by atoms with Crippen LogP contribution in [-0.4, -0.2) is 21.6 Å². The second-order valence-electron chi connectivity index (χ2n) is 6.46. The van der Waals surface area contributed by atoms with Gasteiger partial charge in [0.05, 0.1) is 21.9 Å². The largest absolute Gasteiger partial charge is 0.320 e. The lowest BCUT2D eigenvalue weighted by molar-refractivity contribution is 0.101. The number of nitrogens with zero attached hydrogens (tertiary/aromatic N) is 1. The standard InChI is InChI=1S/C22H16N4O4S/c27-19-10-11-20(28)26(25-19)15-6-3-5-14(13-15)21(29)23-16-7-1-2-8-17(16)24-22(30)18-9-4-12-31-18/h1-13H,(H,23,29)(H,24,30)(H,25,27). The fourth-order valence-electron chi connectivity index (χ4n) is 2.89. The van der Waals surface area contributed by atoms with Crippen molar-refractivity contribution in [3.05, 3.63) is 109 Å². The zero-order valence-electron chi connectivity index (χ0n) is 16.0. The molecule has 0 radical (unpaired) electrons. The SMILES string of the molecule is O=C(Nc1ccccc1NC(=O)c1cccs1)c1cccc(-n2[nH]c(=O)ccc2=O)c1. The highest BCUT2D eigenvalue weighted by molar-refractivity contribution is 7.12. The summed E-state index contributed by atoms with van der Waals surface area (Å²) < 4.78 is 1.06. The Bertz CT molecular complexity index is 1370. The summed E-state index contributed by atoms with van der Waals surface area (Å²) in [5.74, 6) is -0.711. The van der Waals surface area contributed by atoms with Crippen molar-refractivity contribution in [1.82, 2.24) is 9.78 Å². The second-order valence-corrected chi connectivity index (χ2v) is 7.41. The highest BCUT2D eigenvalue weighted by atomic mass is 32.1. The molecule has 2 aromatic carbocycles. The summed E-state index contributed by atoms with van der Waals surface area (Å²) in [6.45, 7) is 0. The Morgan fingerprint density at radius 2 is 1.55 bits per heavy atom. The highest BCUT2D eigenvalue weighted by Gasteiger charge is 2.13. The van der Waals surface area contributed by atoms with Crippen molar-refractivity contribution in [1.29, 1.82) is 0 Å². The lowest BCUT2D eigenvalue weighted by Crippen LogP contribution is -2.26. The van der Waals surface area contributed by atoms with Crippen molar-refractivity contribution in [2.75, 3.05) is 10.6 Å². The maximum Gasteiger partial charge on any atom is 0.269 e. The molecule has 2 amide bonds. The van der Waals surface area contributed by atoms with Gasteiger partial charge in [-0.3, -0.25) is 24.3 Å². The molecule has 3 N–H and O–H groups in total. The van der Waals surface area contributed by atoms with Crippen molar-refractivity contribution >= 4 is 34.5 Å². The van der Waals surface area contributed by atoms with Gasteiger partial charge < -0.3 is 10.6 Å². The Hall–Kier alpha value is -4.24. The smallest absolute Gasteiger partial charge is 0.269 e. The topological polar surface area (TPSA) is 113 Å². The lowest BCUT2D eigenvalue weighted by atomic mass is 10.1. The number of para-hydroxylation sites is 2. The molecule has 2 heterocycles. The minimum absolute atomic E-state index is 0.272. The third-order valence-corrected chi connectivity index (χ3v) is 5.22. The predicted molar refractivity (Wildman–Crippen MR) is 119 cm³/mol. The monoisotopic (exact) mass is 432 g/mol. The van der Waals surface area contributed by atoms with Gasteiger partial charge in [0.1, 0.15) is 0 Å². The molecular formula is C22H16N4O4S. The third-order valence-electron chi connectivity index (χ3n) is 4.35. The summed E-state index contributed by atoms with van der Waals surface area (Å²) >= 11 is 1.32. The van der Waals surface area contributed by atoms with Gasteiger partial charge in [-0.1, -0.05) is 24.3 Å². The van der Waals surface area contributed by atoms with E-state index in [0.29, 0.717) is 21.9 Å². The predicted octanol–water partition coefficient (Wildman–Crippen LogP) is 3.09. The third kappa shape index (κ3) is 4.51. The lowest BCUT2D eigenvalue weighted by Gasteiger charge is -2.12. The van der Waals surface area contributed by atoms with Crippen LogP contribution in [0.3, 0.4) is 0 Å². The zero-order chi connectivity index (χ0) is 21.8. The van der Waals surface area contributed by atoms with Gasteiger partial charge in [-0.15, -0.1) is 11.3 Å². The van der Waals surface area contributed by atoms with Crippen LogP contribution in [0.5, 0.6) is 0 Å². The molecule has 9 heteroatoms. The van der Waals surface area contributed by atoms with Crippen molar-refractivity contribution < 1.29 is 9.59 Å². The number of nitrogens with one attached hydrogen (secondary N) is 3. The van der Waals surface area contributed by atoms with E-state index in [9.17, 15) is 19.2 Å². The van der Waals surface area contributed by atoms with E-state index in [1.165, 1.54) is 17.4 Å². The van der Waals surface area contributed by atoms with Gasteiger partial charge in [0, 0.05) is 17.7 Å². The van der Waals surface area contributed by atoms with Crippen molar-refractivity contribution in [3.8, 4) is 5.69 Å². The van der Waals surface area contributed by atoms with E-state index < -0.39 is 17.0 Å². The Morgan fingerprint density at radius 3 is 2.26 bits per heavy atom. The Kier molecular flexibility index (Phi) is 5.59. The highest BCUT2D eigenvalue weighted by Crippen LogP contribution is 2.23. The molecule has 4 aromatic rings. The first-order valence-corrected chi connectivity index (χ1v) is 10.1. The number of benzene rings is 2. The molecule has 8 nitrogen and oxygen atoms in total. The van der Waals surface area contributed by atoms with Gasteiger partial charge >= 0.3 is 0 Å². The van der Waals surface area contributed by atoms with Crippen LogP contribution in [0.2, 0.25) is 0 Å². The van der Waals surface area contributed by atoms with E-state index >= 15 is 0 Å². The van der Waals surface area contributed by atoms with E-state index in [2.05, 4.69) is 15.7 Å². The number of H-pyrrole nitrogens is 1. The number of carbonyl (C=O) groups is 2. The summed E-state index contributed by atoms with van der Waals surface area (Å²) in [5.41, 5.74) is 0.619. The van der Waals surface area contributed by atoms with Crippen LogP contribution in [0.15, 0.2) is 87.8 Å². The fourth-order valence-corrected chi connectivity index (χ4v) is 3.51. The fraction of sp³-hybridized carbons (Fsp3) is 0. The van der Waals surface area contributed by atoms with Crippen LogP contribution >= 0.6 is 11.3 Å². The Labute approximate surface area is 179 Å². The van der Waals surface area contributed by atoms with Crippen molar-refractivity contribution in [2.24, 2.45) is 0 Å². The molecule has 0 bridgehead atoms. The van der Waals surface area contributed by atoms with E-state index in [4.69, 9.17) is 0 Å². The average molecular weight is 432 g/mol. The molecule has 154 valence electrons. The van der Waals surface area contributed by atoms with E-state index in [0.717, 1.165) is 16.8 Å². The van der Waals surface area contributed by atoms with Crippen molar-refractivity contribution in [3.63, 3.8) is 0 Å². The second kappa shape index (κ2) is 8.64. The van der Waals surface area contributed by atoms with Gasteiger partial charge in [0.15, 0.2) is 0 Å². The number of amides is 2. The zero-order valence-corrected chi connectivity index (χ0v) is 16.8. The van der Waals surface area contributed by atoms with E-state index in [1.54, 1.807) is 60.0 Å². The number of hydrogen-bond donors (Lipinski definition) is 3. The first kappa shape index (κ1) is 20.0. The normalized spacial score (nSPS) is 10.5. The first-order valence-electron chi connectivity index (χ1n) is 9.19. The van der Waals surface area contributed by atoms with Gasteiger partial charge in [0.25, 0.3) is 22.9 Å².